The number of hydrogen-bond donors (Lipinski definition) is 0. The lowest BCUT2D eigenvalue weighted by molar-refractivity contribution is 0.467. The van der Waals surface area contributed by atoms with Crippen LogP contribution in [0.5, 0.6) is 0 Å². The molecule has 0 radical (unpaired) electrons. The van der Waals surface area contributed by atoms with E-state index < -0.39 is 10.0 Å². The monoisotopic (exact) mass is 346 g/mol. The highest BCUT2D eigenvalue weighted by Gasteiger charge is 2.24. The molecule has 0 amide bonds. The fourth-order valence-corrected chi connectivity index (χ4v) is 4.22. The van der Waals surface area contributed by atoms with Crippen molar-refractivity contribution in [3.8, 4) is 0 Å². The van der Waals surface area contributed by atoms with E-state index in [4.69, 9.17) is 11.6 Å². The molecule has 0 saturated carbocycles. The van der Waals surface area contributed by atoms with Crippen LogP contribution < -0.4 is 0 Å². The molecule has 2 rings (SSSR count). The molecule has 0 aliphatic heterocycles. The number of sulfonamides is 1. The number of rotatable bonds is 6. The molecular formula is C14H19ClN2O2S2. The number of alkyl halides is 1. The van der Waals surface area contributed by atoms with Crippen molar-refractivity contribution >= 4 is 33.0 Å². The van der Waals surface area contributed by atoms with Crippen molar-refractivity contribution in [2.45, 2.75) is 37.2 Å². The van der Waals surface area contributed by atoms with E-state index in [-0.39, 0.29) is 6.04 Å². The Labute approximate surface area is 135 Å². The highest BCUT2D eigenvalue weighted by Crippen LogP contribution is 2.23. The summed E-state index contributed by atoms with van der Waals surface area (Å²) in [6.45, 7) is 4.37. The first-order valence-corrected chi connectivity index (χ1v) is 9.52. The predicted molar refractivity (Wildman–Crippen MR) is 87.3 cm³/mol. The third-order valence-corrected chi connectivity index (χ3v) is 6.07. The SMILES string of the molecule is CC(C)n1cc(S(=O)(=O)N(C)Cc2ccsc2)cc1CCl. The Morgan fingerprint density at radius 1 is 1.43 bits per heavy atom. The molecule has 0 N–H and O–H groups in total. The molecule has 2 aromatic heterocycles. The number of halogens is 1. The van der Waals surface area contributed by atoms with E-state index in [1.54, 1.807) is 30.6 Å². The number of nitrogens with zero attached hydrogens (tertiary/aromatic N) is 2. The molecule has 0 atom stereocenters. The highest BCUT2D eigenvalue weighted by atomic mass is 35.5. The second kappa shape index (κ2) is 6.52. The van der Waals surface area contributed by atoms with E-state index in [9.17, 15) is 8.42 Å². The fourth-order valence-electron chi connectivity index (χ4n) is 2.13. The highest BCUT2D eigenvalue weighted by molar-refractivity contribution is 7.89. The van der Waals surface area contributed by atoms with Crippen LogP contribution in [0.2, 0.25) is 0 Å². The van der Waals surface area contributed by atoms with Crippen LogP contribution >= 0.6 is 22.9 Å². The summed E-state index contributed by atoms with van der Waals surface area (Å²) in [5.74, 6) is 0.294. The van der Waals surface area contributed by atoms with Crippen molar-refractivity contribution in [3.63, 3.8) is 0 Å². The first-order chi connectivity index (χ1) is 9.86. The first-order valence-electron chi connectivity index (χ1n) is 6.60. The zero-order chi connectivity index (χ0) is 15.6. The molecule has 2 aromatic rings. The predicted octanol–water partition coefficient (Wildman–Crippen LogP) is 3.69. The van der Waals surface area contributed by atoms with E-state index in [1.165, 1.54) is 4.31 Å². The van der Waals surface area contributed by atoms with Crippen LogP contribution in [0.4, 0.5) is 0 Å². The summed E-state index contributed by atoms with van der Waals surface area (Å²) < 4.78 is 28.5. The van der Waals surface area contributed by atoms with Gasteiger partial charge in [0, 0.05) is 31.5 Å². The lowest BCUT2D eigenvalue weighted by Gasteiger charge is -2.15. The molecular weight excluding hydrogens is 328 g/mol. The van der Waals surface area contributed by atoms with E-state index in [0.717, 1.165) is 11.3 Å². The Balaban J connectivity index is 2.30. The fraction of sp³-hybridized carbons (Fsp3) is 0.429. The van der Waals surface area contributed by atoms with Gasteiger partial charge in [0.2, 0.25) is 10.0 Å². The molecule has 116 valence electrons. The largest absolute Gasteiger partial charge is 0.346 e. The van der Waals surface area contributed by atoms with Gasteiger partial charge in [-0.1, -0.05) is 0 Å². The average molecular weight is 347 g/mol. The molecule has 7 heteroatoms. The molecule has 0 spiro atoms. The summed E-state index contributed by atoms with van der Waals surface area (Å²) in [7, 11) is -1.90. The van der Waals surface area contributed by atoms with E-state index >= 15 is 0 Å². The first kappa shape index (κ1) is 16.5. The van der Waals surface area contributed by atoms with E-state index in [0.29, 0.717) is 17.3 Å². The Bertz CT molecular complexity index is 691. The van der Waals surface area contributed by atoms with Crippen molar-refractivity contribution in [3.05, 3.63) is 40.3 Å². The van der Waals surface area contributed by atoms with Gasteiger partial charge in [0.15, 0.2) is 0 Å². The average Bonchev–Trinajstić information content (AvgIpc) is 3.06. The third-order valence-electron chi connectivity index (χ3n) is 3.29. The zero-order valence-corrected chi connectivity index (χ0v) is 14.7. The summed E-state index contributed by atoms with van der Waals surface area (Å²) in [4.78, 5) is 0.296. The quantitative estimate of drug-likeness (QED) is 0.748. The Kier molecular flexibility index (Phi) is 5.14. The zero-order valence-electron chi connectivity index (χ0n) is 12.3. The molecule has 2 heterocycles. The Hall–Kier alpha value is -0.820. The number of thiophene rings is 1. The van der Waals surface area contributed by atoms with Gasteiger partial charge in [-0.15, -0.1) is 11.6 Å². The van der Waals surface area contributed by atoms with E-state index in [2.05, 4.69) is 0 Å². The molecule has 0 unspecified atom stereocenters. The Morgan fingerprint density at radius 2 is 2.14 bits per heavy atom. The van der Waals surface area contributed by atoms with E-state index in [1.807, 2.05) is 35.2 Å². The molecule has 0 saturated heterocycles. The smallest absolute Gasteiger partial charge is 0.244 e. The van der Waals surface area contributed by atoms with Crippen molar-refractivity contribution in [1.82, 2.24) is 8.87 Å². The standard InChI is InChI=1S/C14H19ClN2O2S2/c1-11(2)17-9-14(6-13(17)7-15)21(18,19)16(3)8-12-4-5-20-10-12/h4-6,9-11H,7-8H2,1-3H3. The van der Waals surface area contributed by atoms with Gasteiger partial charge in [-0.2, -0.15) is 15.6 Å². The normalized spacial score (nSPS) is 12.5. The van der Waals surface area contributed by atoms with Gasteiger partial charge in [0.25, 0.3) is 0 Å². The topological polar surface area (TPSA) is 42.3 Å². The van der Waals surface area contributed by atoms with Crippen molar-refractivity contribution in [2.75, 3.05) is 7.05 Å². The Morgan fingerprint density at radius 3 is 2.62 bits per heavy atom. The minimum atomic E-state index is -3.50. The summed E-state index contributed by atoms with van der Waals surface area (Å²) in [6.07, 6.45) is 1.67. The molecule has 0 bridgehead atoms. The van der Waals surface area contributed by atoms with Crippen LogP contribution in [0, 0.1) is 0 Å². The van der Waals surface area contributed by atoms with Gasteiger partial charge < -0.3 is 4.57 Å². The van der Waals surface area contributed by atoms with Crippen LogP contribution in [-0.4, -0.2) is 24.3 Å². The number of aromatic nitrogens is 1. The maximum Gasteiger partial charge on any atom is 0.244 e. The number of hydrogen-bond acceptors (Lipinski definition) is 3. The molecule has 4 nitrogen and oxygen atoms in total. The van der Waals surface area contributed by atoms with Gasteiger partial charge in [-0.3, -0.25) is 0 Å². The van der Waals surface area contributed by atoms with Crippen LogP contribution in [0.15, 0.2) is 34.0 Å². The minimum absolute atomic E-state index is 0.171. The summed E-state index contributed by atoms with van der Waals surface area (Å²) in [5, 5.41) is 3.89. The molecule has 21 heavy (non-hydrogen) atoms. The molecule has 0 fully saturated rings. The minimum Gasteiger partial charge on any atom is -0.346 e. The van der Waals surface area contributed by atoms with Crippen molar-refractivity contribution in [1.29, 1.82) is 0 Å². The van der Waals surface area contributed by atoms with Crippen LogP contribution in [0.25, 0.3) is 0 Å². The summed E-state index contributed by atoms with van der Waals surface area (Å²) in [5.41, 5.74) is 1.81. The molecule has 0 aromatic carbocycles. The van der Waals surface area contributed by atoms with Crippen LogP contribution in [0.3, 0.4) is 0 Å². The van der Waals surface area contributed by atoms with Gasteiger partial charge in [0.05, 0.1) is 5.88 Å². The maximum absolute atomic E-state index is 12.6. The van der Waals surface area contributed by atoms with Crippen LogP contribution in [-0.2, 0) is 22.4 Å². The van der Waals surface area contributed by atoms with Crippen molar-refractivity contribution in [2.24, 2.45) is 0 Å². The van der Waals surface area contributed by atoms with Gasteiger partial charge in [-0.05, 0) is 42.3 Å². The lowest BCUT2D eigenvalue weighted by atomic mass is 10.3. The maximum atomic E-state index is 12.6. The van der Waals surface area contributed by atoms with Gasteiger partial charge in [0.1, 0.15) is 4.90 Å². The summed E-state index contributed by atoms with van der Waals surface area (Å²) >= 11 is 7.47. The third kappa shape index (κ3) is 3.51. The van der Waals surface area contributed by atoms with Gasteiger partial charge >= 0.3 is 0 Å². The second-order valence-corrected chi connectivity index (χ2v) is 8.29. The van der Waals surface area contributed by atoms with Gasteiger partial charge in [-0.25, -0.2) is 8.42 Å². The van der Waals surface area contributed by atoms with Crippen molar-refractivity contribution < 1.29 is 8.42 Å². The summed E-state index contributed by atoms with van der Waals surface area (Å²) in [6, 6.07) is 3.76. The lowest BCUT2D eigenvalue weighted by Crippen LogP contribution is -2.26. The van der Waals surface area contributed by atoms with Crippen LogP contribution in [0.1, 0.15) is 31.1 Å². The molecule has 0 aliphatic rings. The molecule has 0 aliphatic carbocycles. The second-order valence-electron chi connectivity index (χ2n) is 5.19.